The lowest BCUT2D eigenvalue weighted by Crippen LogP contribution is -2.30. The zero-order valence-electron chi connectivity index (χ0n) is 21.3. The number of aromatic nitrogens is 4. The predicted molar refractivity (Wildman–Crippen MR) is 146 cm³/mol. The van der Waals surface area contributed by atoms with E-state index in [1.807, 2.05) is 54.1 Å². The van der Waals surface area contributed by atoms with Crippen LogP contribution < -0.4 is 21.1 Å². The molecule has 3 aromatic heterocycles. The molecule has 4 N–H and O–H groups in total. The molecule has 1 amide bonds. The van der Waals surface area contributed by atoms with Crippen molar-refractivity contribution in [2.24, 2.45) is 0 Å². The number of nitrogens with one attached hydrogen (secondary N) is 2. The number of nitrogen functional groups attached to an aromatic ring is 1. The molecule has 1 saturated heterocycles. The van der Waals surface area contributed by atoms with Crippen LogP contribution in [0.1, 0.15) is 30.2 Å². The highest BCUT2D eigenvalue weighted by atomic mass is 16.5. The molecule has 0 unspecified atom stereocenters. The number of fused-ring (bicyclic) bond motifs is 2. The molecule has 1 fully saturated rings. The molecule has 2 aromatic carbocycles. The standard InChI is InChI=1S/C28H29N7O3/c1-16-3-6-22-18(11-16)12-20(38-22)14-24(36)33-21-5-4-17(13-23(21)37-2)26-25-27(29)31-15-32-28(25)35(34-26)19-7-9-30-10-8-19/h3-6,11-13,15,19,30H,7-10,14H2,1-2H3,(H,33,36)(H2,29,31,32). The van der Waals surface area contributed by atoms with E-state index in [4.69, 9.17) is 20.0 Å². The lowest BCUT2D eigenvalue weighted by molar-refractivity contribution is -0.115. The Balaban J connectivity index is 1.29. The fraction of sp³-hybridized carbons (Fsp3) is 0.286. The second-order valence-electron chi connectivity index (χ2n) is 9.63. The van der Waals surface area contributed by atoms with Gasteiger partial charge in [0.1, 0.15) is 34.9 Å². The molecule has 0 bridgehead atoms. The van der Waals surface area contributed by atoms with Gasteiger partial charge in [0.25, 0.3) is 0 Å². The van der Waals surface area contributed by atoms with Gasteiger partial charge >= 0.3 is 0 Å². The number of anilines is 2. The second-order valence-corrected chi connectivity index (χ2v) is 9.63. The van der Waals surface area contributed by atoms with E-state index in [-0.39, 0.29) is 18.4 Å². The molecule has 38 heavy (non-hydrogen) atoms. The SMILES string of the molecule is COc1cc(-c2nn(C3CCNCC3)c3ncnc(N)c23)ccc1NC(=O)Cc1cc2cc(C)ccc2o1. The molecule has 0 atom stereocenters. The number of nitrogens with two attached hydrogens (primary N) is 1. The van der Waals surface area contributed by atoms with Crippen LogP contribution in [-0.2, 0) is 11.2 Å². The summed E-state index contributed by atoms with van der Waals surface area (Å²) in [6, 6.07) is 13.6. The molecule has 5 aromatic rings. The van der Waals surface area contributed by atoms with E-state index in [1.54, 1.807) is 7.11 Å². The molecule has 1 aliphatic rings. The number of rotatable bonds is 6. The van der Waals surface area contributed by atoms with Crippen LogP contribution in [0.15, 0.2) is 53.2 Å². The van der Waals surface area contributed by atoms with E-state index >= 15 is 0 Å². The molecule has 6 rings (SSSR count). The van der Waals surface area contributed by atoms with Crippen molar-refractivity contribution in [3.8, 4) is 17.0 Å². The van der Waals surface area contributed by atoms with Crippen molar-refractivity contribution in [2.75, 3.05) is 31.2 Å². The van der Waals surface area contributed by atoms with Gasteiger partial charge in [-0.25, -0.2) is 14.6 Å². The highest BCUT2D eigenvalue weighted by Gasteiger charge is 2.24. The van der Waals surface area contributed by atoms with Gasteiger partial charge in [-0.1, -0.05) is 17.7 Å². The smallest absolute Gasteiger partial charge is 0.232 e. The molecule has 194 valence electrons. The summed E-state index contributed by atoms with van der Waals surface area (Å²) in [5.41, 5.74) is 11.0. The van der Waals surface area contributed by atoms with Gasteiger partial charge in [0.2, 0.25) is 5.91 Å². The number of carbonyl (C=O) groups is 1. The summed E-state index contributed by atoms with van der Waals surface area (Å²) in [6.07, 6.45) is 3.50. The van der Waals surface area contributed by atoms with Crippen molar-refractivity contribution in [2.45, 2.75) is 32.2 Å². The van der Waals surface area contributed by atoms with Gasteiger partial charge in [0.05, 0.1) is 30.6 Å². The Morgan fingerprint density at radius 1 is 1.18 bits per heavy atom. The normalized spacial score (nSPS) is 14.3. The fourth-order valence-electron chi connectivity index (χ4n) is 5.10. The molecule has 1 aliphatic heterocycles. The number of nitrogens with zero attached hydrogens (tertiary/aromatic N) is 4. The van der Waals surface area contributed by atoms with Crippen molar-refractivity contribution >= 4 is 39.4 Å². The highest BCUT2D eigenvalue weighted by molar-refractivity contribution is 5.99. The zero-order valence-corrected chi connectivity index (χ0v) is 21.3. The largest absolute Gasteiger partial charge is 0.495 e. The maximum Gasteiger partial charge on any atom is 0.232 e. The minimum atomic E-state index is -0.204. The van der Waals surface area contributed by atoms with E-state index in [2.05, 4.69) is 20.6 Å². The van der Waals surface area contributed by atoms with Crippen LogP contribution in [0.2, 0.25) is 0 Å². The Morgan fingerprint density at radius 3 is 2.84 bits per heavy atom. The van der Waals surface area contributed by atoms with Crippen LogP contribution >= 0.6 is 0 Å². The van der Waals surface area contributed by atoms with Crippen molar-refractivity contribution in [3.63, 3.8) is 0 Å². The number of benzene rings is 2. The number of carbonyl (C=O) groups excluding carboxylic acids is 1. The molecule has 0 spiro atoms. The van der Waals surface area contributed by atoms with Crippen LogP contribution in [0.25, 0.3) is 33.3 Å². The zero-order chi connectivity index (χ0) is 26.2. The van der Waals surface area contributed by atoms with Gasteiger partial charge in [0.15, 0.2) is 5.65 Å². The third kappa shape index (κ3) is 4.43. The summed E-state index contributed by atoms with van der Waals surface area (Å²) in [5.74, 6) is 1.29. The van der Waals surface area contributed by atoms with Gasteiger partial charge in [-0.15, -0.1) is 0 Å². The van der Waals surface area contributed by atoms with Gasteiger partial charge in [-0.3, -0.25) is 4.79 Å². The topological polar surface area (TPSA) is 133 Å². The monoisotopic (exact) mass is 511 g/mol. The first-order chi connectivity index (χ1) is 18.5. The lowest BCUT2D eigenvalue weighted by atomic mass is 10.1. The Morgan fingerprint density at radius 2 is 2.03 bits per heavy atom. The lowest BCUT2D eigenvalue weighted by Gasteiger charge is -2.23. The summed E-state index contributed by atoms with van der Waals surface area (Å²) < 4.78 is 13.5. The molecule has 0 saturated carbocycles. The van der Waals surface area contributed by atoms with Crippen molar-refractivity contribution in [3.05, 3.63) is 60.1 Å². The van der Waals surface area contributed by atoms with Gasteiger partial charge in [-0.2, -0.15) is 5.10 Å². The quantitative estimate of drug-likeness (QED) is 0.308. The molecular weight excluding hydrogens is 482 g/mol. The molecule has 4 heterocycles. The molecular formula is C28H29N7O3. The third-order valence-electron chi connectivity index (χ3n) is 6.98. The fourth-order valence-corrected chi connectivity index (χ4v) is 5.10. The number of methoxy groups -OCH3 is 1. The van der Waals surface area contributed by atoms with Gasteiger partial charge in [0, 0.05) is 10.9 Å². The van der Waals surface area contributed by atoms with E-state index in [0.29, 0.717) is 34.1 Å². The highest BCUT2D eigenvalue weighted by Crippen LogP contribution is 2.37. The van der Waals surface area contributed by atoms with Crippen molar-refractivity contribution < 1.29 is 13.9 Å². The summed E-state index contributed by atoms with van der Waals surface area (Å²) in [6.45, 7) is 3.88. The van der Waals surface area contributed by atoms with E-state index in [1.165, 1.54) is 6.33 Å². The average Bonchev–Trinajstić information content (AvgIpc) is 3.51. The summed E-state index contributed by atoms with van der Waals surface area (Å²) in [7, 11) is 1.57. The first kappa shape index (κ1) is 23.9. The number of piperidine rings is 1. The Labute approximate surface area is 219 Å². The van der Waals surface area contributed by atoms with E-state index in [0.717, 1.165) is 53.7 Å². The van der Waals surface area contributed by atoms with E-state index in [9.17, 15) is 4.79 Å². The minimum Gasteiger partial charge on any atom is -0.495 e. The molecule has 0 aliphatic carbocycles. The first-order valence-corrected chi connectivity index (χ1v) is 12.7. The maximum atomic E-state index is 12.9. The Hall–Kier alpha value is -4.44. The number of amides is 1. The van der Waals surface area contributed by atoms with Crippen LogP contribution in [0.3, 0.4) is 0 Å². The predicted octanol–water partition coefficient (Wildman–Crippen LogP) is 4.24. The van der Waals surface area contributed by atoms with Crippen LogP contribution in [0.4, 0.5) is 11.5 Å². The van der Waals surface area contributed by atoms with Crippen molar-refractivity contribution in [1.29, 1.82) is 0 Å². The van der Waals surface area contributed by atoms with Gasteiger partial charge < -0.3 is 25.5 Å². The number of ether oxygens (including phenoxy) is 1. The van der Waals surface area contributed by atoms with Crippen molar-refractivity contribution in [1.82, 2.24) is 25.1 Å². The average molecular weight is 512 g/mol. The number of aryl methyl sites for hydroxylation is 1. The van der Waals surface area contributed by atoms with E-state index < -0.39 is 0 Å². The minimum absolute atomic E-state index is 0.109. The molecule has 10 heteroatoms. The number of hydrogen-bond acceptors (Lipinski definition) is 8. The number of hydrogen-bond donors (Lipinski definition) is 3. The Kier molecular flexibility index (Phi) is 6.16. The summed E-state index contributed by atoms with van der Waals surface area (Å²) in [4.78, 5) is 21.6. The van der Waals surface area contributed by atoms with Crippen LogP contribution in [0, 0.1) is 6.92 Å². The third-order valence-corrected chi connectivity index (χ3v) is 6.98. The molecule has 0 radical (unpaired) electrons. The summed E-state index contributed by atoms with van der Waals surface area (Å²) in [5, 5.41) is 13.0. The van der Waals surface area contributed by atoms with Crippen LogP contribution in [0.5, 0.6) is 5.75 Å². The van der Waals surface area contributed by atoms with Crippen LogP contribution in [-0.4, -0.2) is 45.9 Å². The summed E-state index contributed by atoms with van der Waals surface area (Å²) >= 11 is 0. The second kappa shape index (κ2) is 9.79. The maximum absolute atomic E-state index is 12.9. The van der Waals surface area contributed by atoms with Gasteiger partial charge in [-0.05, 0) is 63.2 Å². The Bertz CT molecular complexity index is 1650. The number of furan rings is 1. The molecule has 10 nitrogen and oxygen atoms in total. The first-order valence-electron chi connectivity index (χ1n) is 12.7.